The van der Waals surface area contributed by atoms with Gasteiger partial charge >= 0.3 is 5.65 Å². The second-order valence-electron chi connectivity index (χ2n) is 4.55. The molecule has 0 radical (unpaired) electrons. The molecule has 1 aliphatic rings. The van der Waals surface area contributed by atoms with Crippen LogP contribution in [0.25, 0.3) is 26.8 Å². The Kier molecular flexibility index (Phi) is 1.59. The Morgan fingerprint density at radius 2 is 2.32 bits per heavy atom. The first-order chi connectivity index (χ1) is 9.42. The minimum absolute atomic E-state index is 0.857. The molecule has 0 N–H and O–H groups in total. The van der Waals surface area contributed by atoms with E-state index in [1.807, 2.05) is 18.5 Å². The predicted octanol–water partition coefficient (Wildman–Crippen LogP) is 1.66. The van der Waals surface area contributed by atoms with Crippen LogP contribution in [0.15, 0.2) is 36.9 Å². The number of rotatable bonds is 0. The molecule has 0 bridgehead atoms. The Morgan fingerprint density at radius 1 is 1.32 bits per heavy atom. The molecule has 0 spiro atoms. The summed E-state index contributed by atoms with van der Waals surface area (Å²) >= 11 is 1.74. The van der Waals surface area contributed by atoms with Crippen LogP contribution < -0.4 is 4.57 Å². The average Bonchev–Trinajstić information content (AvgIpc) is 3.07. The lowest BCUT2D eigenvalue weighted by Crippen LogP contribution is -2.30. The van der Waals surface area contributed by atoms with Crippen molar-refractivity contribution in [1.82, 2.24) is 19.4 Å². The molecule has 5 nitrogen and oxygen atoms in total. The number of pyridine rings is 1. The van der Waals surface area contributed by atoms with E-state index < -0.39 is 0 Å². The molecule has 0 aliphatic carbocycles. The molecule has 19 heavy (non-hydrogen) atoms. The summed E-state index contributed by atoms with van der Waals surface area (Å²) in [6.45, 7) is 0.857. The van der Waals surface area contributed by atoms with Crippen molar-refractivity contribution in [2.75, 3.05) is 0 Å². The van der Waals surface area contributed by atoms with E-state index in [-0.39, 0.29) is 0 Å². The minimum atomic E-state index is 0.857. The molecule has 90 valence electrons. The van der Waals surface area contributed by atoms with Crippen molar-refractivity contribution in [2.45, 2.75) is 6.54 Å². The molecule has 0 unspecified atom stereocenters. The van der Waals surface area contributed by atoms with Gasteiger partial charge < -0.3 is 0 Å². The number of thiazole rings is 1. The number of aromatic nitrogens is 5. The topological polar surface area (TPSA) is 47.0 Å². The molecule has 6 heteroatoms. The molecule has 0 amide bonds. The number of fused-ring (bicyclic) bond motifs is 7. The first-order valence-corrected chi connectivity index (χ1v) is 6.82. The third kappa shape index (κ3) is 1.09. The van der Waals surface area contributed by atoms with Gasteiger partial charge in [-0.2, -0.15) is 0 Å². The smallest absolute Gasteiger partial charge is 0.262 e. The summed E-state index contributed by atoms with van der Waals surface area (Å²) in [4.78, 5) is 14.4. The average molecular weight is 266 g/mol. The molecule has 5 rings (SSSR count). The van der Waals surface area contributed by atoms with Gasteiger partial charge in [-0.1, -0.05) is 17.4 Å². The molecule has 5 heterocycles. The first kappa shape index (κ1) is 9.57. The van der Waals surface area contributed by atoms with Gasteiger partial charge in [0.2, 0.25) is 9.84 Å². The van der Waals surface area contributed by atoms with Crippen LogP contribution in [-0.4, -0.2) is 19.4 Å². The van der Waals surface area contributed by atoms with E-state index in [0.29, 0.717) is 0 Å². The standard InChI is InChI=1S/C13H8N5S/c1-2-8-7-18-11-13(19-12(18)10(8)15-3-1)17-5-4-14-6-9(17)16-11/h1-6H,7H2/q+1. The Morgan fingerprint density at radius 3 is 3.32 bits per heavy atom. The molecule has 1 aliphatic heterocycles. The second kappa shape index (κ2) is 3.16. The zero-order valence-electron chi connectivity index (χ0n) is 9.82. The fourth-order valence-electron chi connectivity index (χ4n) is 2.64. The lowest BCUT2D eigenvalue weighted by Gasteiger charge is -1.91. The van der Waals surface area contributed by atoms with Crippen molar-refractivity contribution in [3.8, 4) is 10.7 Å². The summed E-state index contributed by atoms with van der Waals surface area (Å²) in [6, 6.07) is 4.12. The molecule has 4 aromatic heterocycles. The molecule has 4 aromatic rings. The SMILES string of the molecule is c1cnc2c(c1)C[n+]1c-2sc2c1nc1cnccn12. The van der Waals surface area contributed by atoms with E-state index in [9.17, 15) is 0 Å². The highest BCUT2D eigenvalue weighted by atomic mass is 32.1. The summed E-state index contributed by atoms with van der Waals surface area (Å²) in [6.07, 6.45) is 7.38. The highest BCUT2D eigenvalue weighted by Gasteiger charge is 2.32. The zero-order chi connectivity index (χ0) is 12.4. The van der Waals surface area contributed by atoms with Crippen molar-refractivity contribution in [3.05, 3.63) is 42.5 Å². The van der Waals surface area contributed by atoms with Crippen LogP contribution >= 0.6 is 11.3 Å². The van der Waals surface area contributed by atoms with Crippen molar-refractivity contribution >= 4 is 27.5 Å². The van der Waals surface area contributed by atoms with Gasteiger partial charge in [0.05, 0.1) is 6.20 Å². The third-order valence-electron chi connectivity index (χ3n) is 3.49. The van der Waals surface area contributed by atoms with Gasteiger partial charge in [0.25, 0.3) is 5.65 Å². The number of imidazole rings is 1. The Bertz CT molecular complexity index is 952. The normalized spacial score (nSPS) is 13.1. The van der Waals surface area contributed by atoms with E-state index in [4.69, 9.17) is 0 Å². The number of nitrogens with zero attached hydrogens (tertiary/aromatic N) is 5. The van der Waals surface area contributed by atoms with E-state index >= 15 is 0 Å². The Hall–Kier alpha value is -2.34. The summed E-state index contributed by atoms with van der Waals surface area (Å²) in [5.74, 6) is 0. The number of hydrogen-bond donors (Lipinski definition) is 0. The summed E-state index contributed by atoms with van der Waals surface area (Å²) < 4.78 is 4.32. The highest BCUT2D eigenvalue weighted by molar-refractivity contribution is 7.20. The van der Waals surface area contributed by atoms with Crippen LogP contribution in [0, 0.1) is 0 Å². The van der Waals surface area contributed by atoms with Gasteiger partial charge in [-0.25, -0.2) is 4.57 Å². The van der Waals surface area contributed by atoms with E-state index in [1.165, 1.54) is 10.6 Å². The van der Waals surface area contributed by atoms with Gasteiger partial charge in [0.15, 0.2) is 0 Å². The van der Waals surface area contributed by atoms with E-state index in [0.717, 1.165) is 28.4 Å². The van der Waals surface area contributed by atoms with Crippen LogP contribution in [0.3, 0.4) is 0 Å². The van der Waals surface area contributed by atoms with E-state index in [1.54, 1.807) is 23.7 Å². The van der Waals surface area contributed by atoms with Crippen molar-refractivity contribution in [3.63, 3.8) is 0 Å². The first-order valence-electron chi connectivity index (χ1n) is 6.00. The van der Waals surface area contributed by atoms with Crippen molar-refractivity contribution < 1.29 is 4.57 Å². The largest absolute Gasteiger partial charge is 0.362 e. The van der Waals surface area contributed by atoms with Crippen LogP contribution in [0.5, 0.6) is 0 Å². The molecule has 0 atom stereocenters. The Balaban J connectivity index is 1.93. The van der Waals surface area contributed by atoms with E-state index in [2.05, 4.69) is 30.0 Å². The van der Waals surface area contributed by atoms with Crippen molar-refractivity contribution in [1.29, 1.82) is 0 Å². The third-order valence-corrected chi connectivity index (χ3v) is 4.67. The lowest BCUT2D eigenvalue weighted by molar-refractivity contribution is -0.643. The molecular weight excluding hydrogens is 258 g/mol. The fraction of sp³-hybridized carbons (Fsp3) is 0.0769. The molecule has 0 fully saturated rings. The maximum atomic E-state index is 4.68. The fourth-order valence-corrected chi connectivity index (χ4v) is 3.86. The van der Waals surface area contributed by atoms with Crippen molar-refractivity contribution in [2.24, 2.45) is 0 Å². The second-order valence-corrected chi connectivity index (χ2v) is 5.53. The van der Waals surface area contributed by atoms with Crippen LogP contribution in [0.4, 0.5) is 0 Å². The van der Waals surface area contributed by atoms with Gasteiger partial charge in [-0.15, -0.1) is 0 Å². The monoisotopic (exact) mass is 266 g/mol. The van der Waals surface area contributed by atoms with Crippen LogP contribution in [0.2, 0.25) is 0 Å². The van der Waals surface area contributed by atoms with Gasteiger partial charge in [-0.3, -0.25) is 14.4 Å². The predicted molar refractivity (Wildman–Crippen MR) is 70.9 cm³/mol. The van der Waals surface area contributed by atoms with Crippen LogP contribution in [-0.2, 0) is 6.54 Å². The summed E-state index contributed by atoms with van der Waals surface area (Å²) in [5.41, 5.74) is 4.27. The summed E-state index contributed by atoms with van der Waals surface area (Å²) in [7, 11) is 0. The van der Waals surface area contributed by atoms with Gasteiger partial charge in [-0.05, 0) is 11.1 Å². The quantitative estimate of drug-likeness (QED) is 0.400. The molecule has 0 aromatic carbocycles. The molecule has 0 saturated carbocycles. The Labute approximate surface area is 111 Å². The zero-order valence-corrected chi connectivity index (χ0v) is 10.6. The highest BCUT2D eigenvalue weighted by Crippen LogP contribution is 2.33. The molecule has 0 saturated heterocycles. The summed E-state index contributed by atoms with van der Waals surface area (Å²) in [5, 5.41) is 1.19. The lowest BCUT2D eigenvalue weighted by atomic mass is 10.2. The van der Waals surface area contributed by atoms with Gasteiger partial charge in [0, 0.05) is 24.2 Å². The van der Waals surface area contributed by atoms with Gasteiger partial charge in [0.1, 0.15) is 12.2 Å². The minimum Gasteiger partial charge on any atom is -0.262 e. The maximum Gasteiger partial charge on any atom is 0.362 e. The molecular formula is C13H8N5S+. The maximum absolute atomic E-state index is 4.68. The van der Waals surface area contributed by atoms with Crippen LogP contribution in [0.1, 0.15) is 5.56 Å². The number of hydrogen-bond acceptors (Lipinski definition) is 4.